The molecule has 1 fully saturated rings. The molecular weight excluding hydrogens is 308 g/mol. The van der Waals surface area contributed by atoms with Crippen molar-refractivity contribution in [1.29, 1.82) is 0 Å². The van der Waals surface area contributed by atoms with Gasteiger partial charge in [0.2, 0.25) is 0 Å². The molecule has 1 saturated heterocycles. The van der Waals surface area contributed by atoms with Crippen LogP contribution in [-0.4, -0.2) is 36.3 Å². The predicted molar refractivity (Wildman–Crippen MR) is 91.3 cm³/mol. The van der Waals surface area contributed by atoms with E-state index >= 15 is 0 Å². The van der Waals surface area contributed by atoms with Gasteiger partial charge in [0.25, 0.3) is 0 Å². The van der Waals surface area contributed by atoms with Crippen LogP contribution in [0.2, 0.25) is 0 Å². The highest BCUT2D eigenvalue weighted by molar-refractivity contribution is 5.68. The summed E-state index contributed by atoms with van der Waals surface area (Å²) in [6.07, 6.45) is 1.52. The molecule has 0 N–H and O–H groups in total. The van der Waals surface area contributed by atoms with Crippen LogP contribution < -0.4 is 4.74 Å². The summed E-state index contributed by atoms with van der Waals surface area (Å²) in [6, 6.07) is 7.08. The highest BCUT2D eigenvalue weighted by atomic mass is 16.6. The Morgan fingerprint density at radius 1 is 1.38 bits per heavy atom. The molecule has 0 unspecified atom stereocenters. The average Bonchev–Trinajstić information content (AvgIpc) is 2.52. The van der Waals surface area contributed by atoms with E-state index in [-0.39, 0.29) is 6.09 Å². The lowest BCUT2D eigenvalue weighted by atomic mass is 9.98. The minimum atomic E-state index is -0.464. The molecule has 0 bridgehead atoms. The Morgan fingerprint density at radius 3 is 2.71 bits per heavy atom. The number of nitrogens with zero attached hydrogens (tertiary/aromatic N) is 4. The molecule has 0 saturated carbocycles. The molecule has 1 aliphatic heterocycles. The highest BCUT2D eigenvalue weighted by Crippen LogP contribution is 2.23. The number of carbonyl (C=O) groups excluding carboxylic acids is 1. The van der Waals surface area contributed by atoms with E-state index in [2.05, 4.69) is 10.0 Å². The second-order valence-electron chi connectivity index (χ2n) is 6.91. The van der Waals surface area contributed by atoms with Crippen LogP contribution in [0.15, 0.2) is 29.4 Å². The summed E-state index contributed by atoms with van der Waals surface area (Å²) < 4.78 is 11.2. The van der Waals surface area contributed by atoms with Gasteiger partial charge in [0.05, 0.1) is 6.61 Å². The van der Waals surface area contributed by atoms with Crippen LogP contribution in [0.4, 0.5) is 10.5 Å². The third-order valence-electron chi connectivity index (χ3n) is 3.73. The fraction of sp³-hybridized carbons (Fsp3) is 0.588. The number of ether oxygens (including phenoxy) is 2. The molecule has 130 valence electrons. The standard InChI is InChI=1S/C17H24N4O3/c1-17(2,3)24-16(22)21-9-7-13(8-10-21)12-23-15-6-4-5-14(11-15)19-20-18/h4-6,11,13H,7-10,12H2,1-3H3. The molecule has 7 nitrogen and oxygen atoms in total. The van der Waals surface area contributed by atoms with Crippen molar-refractivity contribution in [3.63, 3.8) is 0 Å². The second-order valence-corrected chi connectivity index (χ2v) is 6.91. The van der Waals surface area contributed by atoms with Crippen LogP contribution in [0, 0.1) is 5.92 Å². The zero-order chi connectivity index (χ0) is 17.6. The van der Waals surface area contributed by atoms with Crippen molar-refractivity contribution in [3.05, 3.63) is 34.7 Å². The van der Waals surface area contributed by atoms with E-state index in [0.717, 1.165) is 12.8 Å². The summed E-state index contributed by atoms with van der Waals surface area (Å²) in [5.74, 6) is 1.08. The van der Waals surface area contributed by atoms with Crippen LogP contribution >= 0.6 is 0 Å². The minimum absolute atomic E-state index is 0.246. The van der Waals surface area contributed by atoms with E-state index < -0.39 is 5.60 Å². The number of carbonyl (C=O) groups is 1. The molecule has 0 radical (unpaired) electrons. The number of amides is 1. The van der Waals surface area contributed by atoms with Gasteiger partial charge in [0.1, 0.15) is 11.4 Å². The number of hydrogen-bond donors (Lipinski definition) is 0. The maximum atomic E-state index is 12.0. The first-order valence-electron chi connectivity index (χ1n) is 8.13. The van der Waals surface area contributed by atoms with Crippen molar-refractivity contribution in [2.75, 3.05) is 19.7 Å². The van der Waals surface area contributed by atoms with Gasteiger partial charge in [-0.05, 0) is 57.2 Å². The molecule has 7 heteroatoms. The first-order chi connectivity index (χ1) is 11.4. The van der Waals surface area contributed by atoms with E-state index in [1.165, 1.54) is 0 Å². The number of piperidine rings is 1. The van der Waals surface area contributed by atoms with Gasteiger partial charge < -0.3 is 14.4 Å². The Labute approximate surface area is 142 Å². The van der Waals surface area contributed by atoms with Crippen molar-refractivity contribution in [1.82, 2.24) is 4.90 Å². The smallest absolute Gasteiger partial charge is 0.410 e. The van der Waals surface area contributed by atoms with Crippen LogP contribution in [0.3, 0.4) is 0 Å². The molecule has 1 aromatic rings. The fourth-order valence-electron chi connectivity index (χ4n) is 2.51. The van der Waals surface area contributed by atoms with Gasteiger partial charge in [-0.2, -0.15) is 0 Å². The Kier molecular flexibility index (Phi) is 5.93. The van der Waals surface area contributed by atoms with Gasteiger partial charge in [0.15, 0.2) is 0 Å². The summed E-state index contributed by atoms with van der Waals surface area (Å²) in [6.45, 7) is 7.56. The number of azide groups is 1. The fourth-order valence-corrected chi connectivity index (χ4v) is 2.51. The lowest BCUT2D eigenvalue weighted by Gasteiger charge is -2.33. The third-order valence-corrected chi connectivity index (χ3v) is 3.73. The highest BCUT2D eigenvalue weighted by Gasteiger charge is 2.27. The van der Waals surface area contributed by atoms with Gasteiger partial charge in [-0.1, -0.05) is 17.2 Å². The molecule has 2 rings (SSSR count). The second kappa shape index (κ2) is 7.93. The Balaban J connectivity index is 1.78. The summed E-state index contributed by atoms with van der Waals surface area (Å²) >= 11 is 0. The molecule has 24 heavy (non-hydrogen) atoms. The van der Waals surface area contributed by atoms with E-state index in [0.29, 0.717) is 37.1 Å². The van der Waals surface area contributed by atoms with E-state index in [1.807, 2.05) is 26.8 Å². The van der Waals surface area contributed by atoms with Gasteiger partial charge in [0, 0.05) is 23.7 Å². The average molecular weight is 332 g/mol. The first-order valence-corrected chi connectivity index (χ1v) is 8.13. The van der Waals surface area contributed by atoms with Crippen molar-refractivity contribution in [3.8, 4) is 5.75 Å². The van der Waals surface area contributed by atoms with Crippen molar-refractivity contribution in [2.24, 2.45) is 11.0 Å². The molecule has 1 aliphatic rings. The van der Waals surface area contributed by atoms with Crippen molar-refractivity contribution < 1.29 is 14.3 Å². The van der Waals surface area contributed by atoms with Crippen molar-refractivity contribution in [2.45, 2.75) is 39.2 Å². The number of rotatable bonds is 4. The first kappa shape index (κ1) is 17.9. The molecule has 0 atom stereocenters. The third kappa shape index (κ3) is 5.66. The largest absolute Gasteiger partial charge is 0.493 e. The minimum Gasteiger partial charge on any atom is -0.493 e. The van der Waals surface area contributed by atoms with Gasteiger partial charge in [-0.3, -0.25) is 0 Å². The molecule has 0 aromatic heterocycles. The summed E-state index contributed by atoms with van der Waals surface area (Å²) in [5, 5.41) is 3.56. The van der Waals surface area contributed by atoms with E-state index in [1.54, 1.807) is 23.1 Å². The molecule has 1 amide bonds. The molecular formula is C17H24N4O3. The van der Waals surface area contributed by atoms with E-state index in [9.17, 15) is 4.79 Å². The maximum absolute atomic E-state index is 12.0. The Bertz CT molecular complexity index is 613. The zero-order valence-corrected chi connectivity index (χ0v) is 14.4. The lowest BCUT2D eigenvalue weighted by Crippen LogP contribution is -2.42. The van der Waals surface area contributed by atoms with Gasteiger partial charge >= 0.3 is 6.09 Å². The molecule has 1 heterocycles. The van der Waals surface area contributed by atoms with Gasteiger partial charge in [-0.15, -0.1) is 0 Å². The molecule has 0 aliphatic carbocycles. The summed E-state index contributed by atoms with van der Waals surface area (Å²) in [7, 11) is 0. The Hall–Kier alpha value is -2.40. The van der Waals surface area contributed by atoms with Crippen molar-refractivity contribution >= 4 is 11.8 Å². The number of benzene rings is 1. The Morgan fingerprint density at radius 2 is 2.08 bits per heavy atom. The molecule has 0 spiro atoms. The number of likely N-dealkylation sites (tertiary alicyclic amines) is 1. The molecule has 1 aromatic carbocycles. The lowest BCUT2D eigenvalue weighted by molar-refractivity contribution is 0.0165. The van der Waals surface area contributed by atoms with Crippen LogP contribution in [-0.2, 0) is 4.74 Å². The number of hydrogen-bond acceptors (Lipinski definition) is 4. The van der Waals surface area contributed by atoms with Gasteiger partial charge in [-0.25, -0.2) is 4.79 Å². The predicted octanol–water partition coefficient (Wildman–Crippen LogP) is 4.65. The summed E-state index contributed by atoms with van der Waals surface area (Å²) in [5.41, 5.74) is 8.53. The summed E-state index contributed by atoms with van der Waals surface area (Å²) in [4.78, 5) is 16.6. The topological polar surface area (TPSA) is 87.5 Å². The maximum Gasteiger partial charge on any atom is 0.410 e. The van der Waals surface area contributed by atoms with Crippen LogP contribution in [0.25, 0.3) is 10.4 Å². The SMILES string of the molecule is CC(C)(C)OC(=O)N1CCC(COc2cccc(N=[N+]=[N-])c2)CC1. The quantitative estimate of drug-likeness (QED) is 0.456. The normalized spacial score (nSPS) is 15.5. The zero-order valence-electron chi connectivity index (χ0n) is 14.4. The van der Waals surface area contributed by atoms with Crippen LogP contribution in [0.1, 0.15) is 33.6 Å². The monoisotopic (exact) mass is 332 g/mol. The van der Waals surface area contributed by atoms with E-state index in [4.69, 9.17) is 15.0 Å². The van der Waals surface area contributed by atoms with Crippen LogP contribution in [0.5, 0.6) is 5.75 Å².